The Morgan fingerprint density at radius 2 is 0.681 bits per heavy atom. The Morgan fingerprint density at radius 1 is 0.447 bits per heavy atom. The Morgan fingerprint density at radius 3 is 0.894 bits per heavy atom. The van der Waals surface area contributed by atoms with Gasteiger partial charge in [0, 0.05) is 0 Å². The van der Waals surface area contributed by atoms with Crippen molar-refractivity contribution in [3.8, 4) is 0 Å². The summed E-state index contributed by atoms with van der Waals surface area (Å²) in [6, 6.07) is 14.7. The van der Waals surface area contributed by atoms with Crippen molar-refractivity contribution < 1.29 is 57.7 Å². The van der Waals surface area contributed by atoms with Gasteiger partial charge in [-0.2, -0.15) is 0 Å². The summed E-state index contributed by atoms with van der Waals surface area (Å²) in [4.78, 5) is 6.98. The van der Waals surface area contributed by atoms with Gasteiger partial charge in [0.25, 0.3) is 0 Å². The third-order valence-electron chi connectivity index (χ3n) is 10.8. The van der Waals surface area contributed by atoms with Gasteiger partial charge in [0.15, 0.2) is 0 Å². The molecule has 47 heavy (non-hydrogen) atoms. The van der Waals surface area contributed by atoms with Crippen LogP contribution < -0.4 is 67.5 Å². The van der Waals surface area contributed by atoms with Gasteiger partial charge in [-0.3, -0.25) is 0 Å². The smallest absolute Gasteiger partial charge is 1.00 e. The number of benzene rings is 3. The van der Waals surface area contributed by atoms with Crippen LogP contribution in [0.5, 0.6) is 0 Å². The molecule has 1 aliphatic carbocycles. The minimum absolute atomic E-state index is 0. The first-order valence-corrected chi connectivity index (χ1v) is 18.6. The second-order valence-electron chi connectivity index (χ2n) is 13.9. The molecule has 0 atom stereocenters. The van der Waals surface area contributed by atoms with E-state index in [-0.39, 0.29) is 40.6 Å². The molecule has 0 aromatic heterocycles. The number of hydrogen-bond donors (Lipinski definition) is 0. The maximum atomic E-state index is 2.60. The molecule has 0 spiro atoms. The molecule has 0 aliphatic heterocycles. The molecule has 8 heteroatoms. The summed E-state index contributed by atoms with van der Waals surface area (Å²) < 4.78 is -0.183. The van der Waals surface area contributed by atoms with E-state index in [0.717, 1.165) is 0 Å². The standard InChI is InChI=1S/C39H54N3Si.3ClH.Ti/c1-23-17-20-33(30(8)36(23)40(11)12)43(39-28(6)26(4)27(5)29(39)7,34-21-18-24(2)37(31(34)9)41(13)14)35-22-19-25(3)38(32(35)10)42(15)16;;;;/h17-22H,1-16H3;3*1H;/q;;;;+3/p-3. The van der Waals surface area contributed by atoms with Crippen molar-refractivity contribution in [2.75, 3.05) is 57.0 Å². The number of anilines is 3. The van der Waals surface area contributed by atoms with Crippen LogP contribution in [-0.4, -0.2) is 50.4 Å². The van der Waals surface area contributed by atoms with Crippen LogP contribution in [0.4, 0.5) is 17.1 Å². The fraction of sp³-hybridized carbons (Fsp3) is 0.436. The summed E-state index contributed by atoms with van der Waals surface area (Å²) in [7, 11) is 10.3. The quantitative estimate of drug-likeness (QED) is 0.208. The van der Waals surface area contributed by atoms with Crippen LogP contribution in [0.2, 0.25) is 3.34 Å². The van der Waals surface area contributed by atoms with Crippen molar-refractivity contribution in [3.05, 3.63) is 92.1 Å². The molecule has 0 radical (unpaired) electrons. The van der Waals surface area contributed by atoms with E-state index in [4.69, 9.17) is 0 Å². The Bertz CT molecular complexity index is 1550. The number of aryl methyl sites for hydroxylation is 3. The van der Waals surface area contributed by atoms with Crippen LogP contribution in [0, 0.1) is 41.5 Å². The van der Waals surface area contributed by atoms with Crippen LogP contribution in [0.3, 0.4) is 0 Å². The largest absolute Gasteiger partial charge is 1.00 e. The molecule has 3 aromatic carbocycles. The first-order valence-electron chi connectivity index (χ1n) is 15.8. The summed E-state index contributed by atoms with van der Waals surface area (Å²) in [5.41, 5.74) is 18.2. The van der Waals surface area contributed by atoms with Gasteiger partial charge in [0.1, 0.15) is 0 Å². The number of halogens is 3. The molecule has 0 saturated carbocycles. The van der Waals surface area contributed by atoms with E-state index in [1.165, 1.54) is 88.3 Å². The number of nitrogens with zero attached hydrogens (tertiary/aromatic N) is 3. The van der Waals surface area contributed by atoms with Crippen molar-refractivity contribution in [3.63, 3.8) is 0 Å². The summed E-state index contributed by atoms with van der Waals surface area (Å²) in [6.07, 6.45) is 0. The normalized spacial score (nSPS) is 14.0. The maximum absolute atomic E-state index is 2.95. The molecule has 254 valence electrons. The second kappa shape index (κ2) is 15.5. The SMILES string of the molecule is CC1=C(C)[C]([Ti+3])([Si](c2ccc(C)c(N(C)C)c2C)(c2ccc(C)c(N(C)C)c2C)c2ccc(C)c(N(C)C)c2C)C(C)=C1C.[Cl-].[Cl-].[Cl-]. The fourth-order valence-corrected chi connectivity index (χ4v) is 17.9. The van der Waals surface area contributed by atoms with Gasteiger partial charge >= 0.3 is 283 Å². The van der Waals surface area contributed by atoms with E-state index >= 15 is 0 Å². The topological polar surface area (TPSA) is 9.72 Å². The number of rotatable bonds is 7. The van der Waals surface area contributed by atoms with Crippen molar-refractivity contribution in [1.29, 1.82) is 0 Å². The molecule has 4 rings (SSSR count). The molecule has 1 aliphatic rings. The van der Waals surface area contributed by atoms with Gasteiger partial charge < -0.3 is 37.2 Å². The number of allylic oxidation sites excluding steroid dienone is 4. The molecule has 0 N–H and O–H groups in total. The molecule has 0 saturated heterocycles. The van der Waals surface area contributed by atoms with Gasteiger partial charge in [-0.25, -0.2) is 0 Å². The summed E-state index contributed by atoms with van der Waals surface area (Å²) in [6.45, 7) is 23.5. The van der Waals surface area contributed by atoms with E-state index in [1.807, 2.05) is 0 Å². The molecule has 0 fully saturated rings. The van der Waals surface area contributed by atoms with Crippen LogP contribution in [0.25, 0.3) is 0 Å². The van der Waals surface area contributed by atoms with Crippen LogP contribution in [0.15, 0.2) is 58.7 Å². The van der Waals surface area contributed by atoms with Crippen molar-refractivity contribution in [1.82, 2.24) is 0 Å². The van der Waals surface area contributed by atoms with E-state index in [9.17, 15) is 0 Å². The third kappa shape index (κ3) is 6.30. The Kier molecular flexibility index (Phi) is 14.3. The van der Waals surface area contributed by atoms with Crippen LogP contribution in [0.1, 0.15) is 61.1 Å². The first kappa shape index (κ1) is 43.4. The maximum Gasteiger partial charge on any atom is -1.00 e. The van der Waals surface area contributed by atoms with Gasteiger partial charge in [-0.05, 0) is 0 Å². The Balaban J connectivity index is 0.00000368. The number of hydrogen-bond acceptors (Lipinski definition) is 3. The average Bonchev–Trinajstić information content (AvgIpc) is 3.07. The predicted octanol–water partition coefficient (Wildman–Crippen LogP) is -1.85. The monoisotopic (exact) mass is 745 g/mol. The van der Waals surface area contributed by atoms with Crippen molar-refractivity contribution in [2.24, 2.45) is 0 Å². The third-order valence-corrected chi connectivity index (χ3v) is 19.7. The zero-order valence-electron chi connectivity index (χ0n) is 31.4. The second-order valence-corrected chi connectivity index (χ2v) is 19.7. The van der Waals surface area contributed by atoms with Crippen LogP contribution >= 0.6 is 0 Å². The van der Waals surface area contributed by atoms with Gasteiger partial charge in [0.2, 0.25) is 0 Å². The van der Waals surface area contributed by atoms with E-state index in [1.54, 1.807) is 0 Å². The average molecular weight is 747 g/mol. The van der Waals surface area contributed by atoms with Gasteiger partial charge in [-0.1, -0.05) is 0 Å². The predicted molar refractivity (Wildman–Crippen MR) is 195 cm³/mol. The summed E-state index contributed by atoms with van der Waals surface area (Å²) in [5, 5.41) is 4.55. The molecular formula is C39H54Cl3N3SiTi. The zero-order chi connectivity index (χ0) is 33.2. The summed E-state index contributed by atoms with van der Waals surface area (Å²) in [5.74, 6) is 0. The van der Waals surface area contributed by atoms with Gasteiger partial charge in [0.05, 0.1) is 0 Å². The Hall–Kier alpha value is -1.66. The molecule has 0 heterocycles. The fourth-order valence-electron chi connectivity index (χ4n) is 8.80. The molecule has 3 nitrogen and oxygen atoms in total. The van der Waals surface area contributed by atoms with Gasteiger partial charge in [-0.15, -0.1) is 0 Å². The molecule has 3 aromatic rings. The van der Waals surface area contributed by atoms with E-state index in [0.29, 0.717) is 0 Å². The molecule has 0 amide bonds. The molecule has 0 bridgehead atoms. The molecular weight excluding hydrogens is 693 g/mol. The minimum atomic E-state index is -2.95. The van der Waals surface area contributed by atoms with E-state index < -0.39 is 8.07 Å². The Labute approximate surface area is 317 Å². The molecule has 0 unspecified atom stereocenters. The summed E-state index contributed by atoms with van der Waals surface area (Å²) >= 11 is 2.60. The van der Waals surface area contributed by atoms with E-state index in [2.05, 4.69) is 183 Å². The van der Waals surface area contributed by atoms with Crippen molar-refractivity contribution >= 4 is 40.7 Å². The zero-order valence-corrected chi connectivity index (χ0v) is 36.3. The van der Waals surface area contributed by atoms with Crippen LogP contribution in [-0.2, 0) is 20.4 Å². The minimum Gasteiger partial charge on any atom is -1.00 e. The van der Waals surface area contributed by atoms with Crippen molar-refractivity contribution in [2.45, 2.75) is 72.6 Å². The first-order chi connectivity index (χ1) is 20.4.